The van der Waals surface area contributed by atoms with E-state index in [1.807, 2.05) is 0 Å². The van der Waals surface area contributed by atoms with Crippen LogP contribution in [-0.4, -0.2) is 29.9 Å². The summed E-state index contributed by atoms with van der Waals surface area (Å²) in [6, 6.07) is 0.635. The molecule has 3 saturated carbocycles. The van der Waals surface area contributed by atoms with Gasteiger partial charge in [0, 0.05) is 19.0 Å². The molecule has 2 N–H and O–H groups in total. The Kier molecular flexibility index (Phi) is 1.78. The summed E-state index contributed by atoms with van der Waals surface area (Å²) in [4.78, 5) is 14.2. The van der Waals surface area contributed by atoms with E-state index < -0.39 is 0 Å². The number of amides is 1. The Morgan fingerprint density at radius 3 is 2.50 bits per heavy atom. The number of fused-ring (bicyclic) bond motifs is 5. The van der Waals surface area contributed by atoms with E-state index in [1.54, 1.807) is 0 Å². The van der Waals surface area contributed by atoms with Crippen LogP contribution in [0.15, 0.2) is 0 Å². The number of nitrogens with zero attached hydrogens (tertiary/aromatic N) is 1. The molecule has 0 aromatic carbocycles. The Morgan fingerprint density at radius 2 is 1.94 bits per heavy atom. The number of hydrogen-bond acceptors (Lipinski definition) is 2. The SMILES string of the molecule is NCC1CC(=O)N(C2C3C4CCC(C4)C32)C1. The molecule has 1 heterocycles. The Bertz CT molecular complexity index is 327. The van der Waals surface area contributed by atoms with Crippen LogP contribution in [0.4, 0.5) is 0 Å². The zero-order valence-corrected chi connectivity index (χ0v) is 9.64. The first-order chi connectivity index (χ1) is 7.79. The van der Waals surface area contributed by atoms with Crippen molar-refractivity contribution in [3.63, 3.8) is 0 Å². The topological polar surface area (TPSA) is 46.3 Å². The fourth-order valence-electron chi connectivity index (χ4n) is 4.95. The molecule has 0 radical (unpaired) electrons. The molecule has 4 rings (SSSR count). The molecule has 3 heteroatoms. The molecule has 88 valence electrons. The molecule has 16 heavy (non-hydrogen) atoms. The summed E-state index contributed by atoms with van der Waals surface area (Å²) in [5.74, 6) is 4.52. The molecule has 0 aromatic heterocycles. The summed E-state index contributed by atoms with van der Waals surface area (Å²) < 4.78 is 0. The van der Waals surface area contributed by atoms with E-state index in [0.29, 0.717) is 30.8 Å². The van der Waals surface area contributed by atoms with E-state index >= 15 is 0 Å². The van der Waals surface area contributed by atoms with Crippen molar-refractivity contribution in [2.75, 3.05) is 13.1 Å². The summed E-state index contributed by atoms with van der Waals surface area (Å²) >= 11 is 0. The lowest BCUT2D eigenvalue weighted by atomic mass is 10.0. The fourth-order valence-corrected chi connectivity index (χ4v) is 4.95. The first-order valence-corrected chi connectivity index (χ1v) is 6.79. The van der Waals surface area contributed by atoms with E-state index in [2.05, 4.69) is 4.90 Å². The van der Waals surface area contributed by atoms with Crippen LogP contribution in [0.3, 0.4) is 0 Å². The average Bonchev–Trinajstić information content (AvgIpc) is 2.68. The van der Waals surface area contributed by atoms with Crippen LogP contribution in [0.1, 0.15) is 25.7 Å². The average molecular weight is 220 g/mol. The number of likely N-dealkylation sites (tertiary alicyclic amines) is 1. The number of carbonyl (C=O) groups is 1. The predicted molar refractivity (Wildman–Crippen MR) is 60.5 cm³/mol. The summed E-state index contributed by atoms with van der Waals surface area (Å²) in [5, 5.41) is 0. The van der Waals surface area contributed by atoms with Crippen LogP contribution in [0.2, 0.25) is 0 Å². The van der Waals surface area contributed by atoms with Gasteiger partial charge in [0.2, 0.25) is 5.91 Å². The van der Waals surface area contributed by atoms with Crippen LogP contribution in [0, 0.1) is 29.6 Å². The monoisotopic (exact) mass is 220 g/mol. The fraction of sp³-hybridized carbons (Fsp3) is 0.923. The predicted octanol–water partition coefficient (Wildman–Crippen LogP) is 0.838. The smallest absolute Gasteiger partial charge is 0.223 e. The molecule has 5 unspecified atom stereocenters. The third-order valence-electron chi connectivity index (χ3n) is 5.63. The molecule has 4 fully saturated rings. The maximum absolute atomic E-state index is 12.0. The third-order valence-corrected chi connectivity index (χ3v) is 5.63. The molecule has 5 atom stereocenters. The van der Waals surface area contributed by atoms with E-state index in [9.17, 15) is 4.79 Å². The number of hydrogen-bond donors (Lipinski definition) is 1. The van der Waals surface area contributed by atoms with Gasteiger partial charge in [-0.3, -0.25) is 4.79 Å². The Hall–Kier alpha value is -0.570. The van der Waals surface area contributed by atoms with Crippen molar-refractivity contribution in [1.82, 2.24) is 4.90 Å². The molecule has 1 amide bonds. The quantitative estimate of drug-likeness (QED) is 0.749. The standard InChI is InChI=1S/C13H20N2O/c14-5-7-3-10(16)15(6-7)13-11-8-1-2-9(4-8)12(11)13/h7-9,11-13H,1-6,14H2. The van der Waals surface area contributed by atoms with Gasteiger partial charge in [-0.15, -0.1) is 0 Å². The van der Waals surface area contributed by atoms with Gasteiger partial charge in [0.25, 0.3) is 0 Å². The van der Waals surface area contributed by atoms with Gasteiger partial charge in [0.05, 0.1) is 0 Å². The van der Waals surface area contributed by atoms with Gasteiger partial charge in [-0.05, 0) is 55.4 Å². The highest BCUT2D eigenvalue weighted by Crippen LogP contribution is 2.67. The molecule has 2 bridgehead atoms. The zero-order chi connectivity index (χ0) is 10.9. The van der Waals surface area contributed by atoms with Gasteiger partial charge in [-0.1, -0.05) is 0 Å². The molecular formula is C13H20N2O. The Balaban J connectivity index is 1.51. The first kappa shape index (κ1) is 9.46. The Labute approximate surface area is 96.4 Å². The highest BCUT2D eigenvalue weighted by Gasteiger charge is 2.67. The molecular weight excluding hydrogens is 200 g/mol. The number of nitrogens with two attached hydrogens (primary N) is 1. The van der Waals surface area contributed by atoms with Gasteiger partial charge in [0.1, 0.15) is 0 Å². The highest BCUT2D eigenvalue weighted by atomic mass is 16.2. The van der Waals surface area contributed by atoms with E-state index in [1.165, 1.54) is 19.3 Å². The van der Waals surface area contributed by atoms with Crippen molar-refractivity contribution >= 4 is 5.91 Å². The van der Waals surface area contributed by atoms with Crippen molar-refractivity contribution in [2.24, 2.45) is 35.3 Å². The van der Waals surface area contributed by atoms with Crippen molar-refractivity contribution < 1.29 is 4.79 Å². The molecule has 0 spiro atoms. The van der Waals surface area contributed by atoms with E-state index in [0.717, 1.165) is 30.2 Å². The van der Waals surface area contributed by atoms with Gasteiger partial charge >= 0.3 is 0 Å². The van der Waals surface area contributed by atoms with Gasteiger partial charge in [-0.2, -0.15) is 0 Å². The first-order valence-electron chi connectivity index (χ1n) is 6.79. The van der Waals surface area contributed by atoms with Gasteiger partial charge in [0.15, 0.2) is 0 Å². The van der Waals surface area contributed by atoms with Gasteiger partial charge in [-0.25, -0.2) is 0 Å². The van der Waals surface area contributed by atoms with Crippen LogP contribution in [0.25, 0.3) is 0 Å². The second kappa shape index (κ2) is 3.00. The van der Waals surface area contributed by atoms with Crippen LogP contribution < -0.4 is 5.73 Å². The summed E-state index contributed by atoms with van der Waals surface area (Å²) in [7, 11) is 0. The minimum absolute atomic E-state index is 0.384. The largest absolute Gasteiger partial charge is 0.339 e. The molecule has 3 aliphatic carbocycles. The maximum Gasteiger partial charge on any atom is 0.223 e. The van der Waals surface area contributed by atoms with E-state index in [-0.39, 0.29) is 0 Å². The lowest BCUT2D eigenvalue weighted by Crippen LogP contribution is -2.32. The van der Waals surface area contributed by atoms with Crippen molar-refractivity contribution in [3.05, 3.63) is 0 Å². The summed E-state index contributed by atoms with van der Waals surface area (Å²) in [6.45, 7) is 1.63. The second-order valence-electron chi connectivity index (χ2n) is 6.33. The van der Waals surface area contributed by atoms with Crippen molar-refractivity contribution in [1.29, 1.82) is 0 Å². The molecule has 0 aromatic rings. The van der Waals surface area contributed by atoms with Crippen LogP contribution in [-0.2, 0) is 4.79 Å². The number of carbonyl (C=O) groups excluding carboxylic acids is 1. The molecule has 1 aliphatic heterocycles. The molecule has 3 nitrogen and oxygen atoms in total. The molecule has 1 saturated heterocycles. The van der Waals surface area contributed by atoms with E-state index in [4.69, 9.17) is 5.73 Å². The van der Waals surface area contributed by atoms with Crippen LogP contribution >= 0.6 is 0 Å². The lowest BCUT2D eigenvalue weighted by Gasteiger charge is -2.20. The maximum atomic E-state index is 12.0. The zero-order valence-electron chi connectivity index (χ0n) is 9.64. The van der Waals surface area contributed by atoms with Gasteiger partial charge < -0.3 is 10.6 Å². The second-order valence-corrected chi connectivity index (χ2v) is 6.33. The van der Waals surface area contributed by atoms with Crippen molar-refractivity contribution in [3.8, 4) is 0 Å². The minimum Gasteiger partial charge on any atom is -0.339 e. The summed E-state index contributed by atoms with van der Waals surface area (Å²) in [6.07, 6.45) is 5.05. The van der Waals surface area contributed by atoms with Crippen molar-refractivity contribution in [2.45, 2.75) is 31.7 Å². The van der Waals surface area contributed by atoms with Crippen LogP contribution in [0.5, 0.6) is 0 Å². The summed E-state index contributed by atoms with van der Waals surface area (Å²) in [5.41, 5.74) is 5.68. The minimum atomic E-state index is 0.384. The third kappa shape index (κ3) is 1.05. The Morgan fingerprint density at radius 1 is 1.25 bits per heavy atom. The number of rotatable bonds is 2. The normalized spacial score (nSPS) is 53.6. The molecule has 4 aliphatic rings. The lowest BCUT2D eigenvalue weighted by molar-refractivity contribution is -0.128. The highest BCUT2D eigenvalue weighted by molar-refractivity contribution is 5.79.